The van der Waals surface area contributed by atoms with Gasteiger partial charge in [-0.3, -0.25) is 4.79 Å². The smallest absolute Gasteiger partial charge is 0.237 e. The number of hydrogen-bond acceptors (Lipinski definition) is 5. The summed E-state index contributed by atoms with van der Waals surface area (Å²) in [5, 5.41) is 6.28. The topological polar surface area (TPSA) is 60.5 Å². The lowest BCUT2D eigenvalue weighted by molar-refractivity contribution is -0.123. The molecule has 0 aliphatic carbocycles. The third kappa shape index (κ3) is 7.08. The van der Waals surface area contributed by atoms with Crippen molar-refractivity contribution in [1.82, 2.24) is 20.5 Å². The standard InChI is InChI=1S/C17H27N5O.3ClH/c1-21-8-10-22(11-9-21)16-6-5-14(12-19-16)13-20-17(23)15-4-2-3-7-18-15;;;/h5-6,12,15,18H,2-4,7-11,13H2,1H3,(H,20,23);3*1H/t15-;;;/m1.../s1. The van der Waals surface area contributed by atoms with Crippen LogP contribution in [0.1, 0.15) is 24.8 Å². The number of anilines is 1. The Kier molecular flexibility index (Phi) is 12.2. The summed E-state index contributed by atoms with van der Waals surface area (Å²) in [6, 6.07) is 4.10. The summed E-state index contributed by atoms with van der Waals surface area (Å²) < 4.78 is 0. The second-order valence-corrected chi connectivity index (χ2v) is 6.54. The fourth-order valence-electron chi connectivity index (χ4n) is 3.13. The van der Waals surface area contributed by atoms with Crippen LogP contribution in [-0.4, -0.2) is 61.6 Å². The molecule has 0 radical (unpaired) electrons. The van der Waals surface area contributed by atoms with Gasteiger partial charge in [0.15, 0.2) is 0 Å². The van der Waals surface area contributed by atoms with Gasteiger partial charge < -0.3 is 20.4 Å². The molecule has 1 atom stereocenters. The van der Waals surface area contributed by atoms with Crippen LogP contribution in [0, 0.1) is 0 Å². The number of nitrogens with one attached hydrogen (secondary N) is 2. The lowest BCUT2D eigenvalue weighted by Crippen LogP contribution is -2.46. The third-order valence-corrected chi connectivity index (χ3v) is 4.73. The van der Waals surface area contributed by atoms with Gasteiger partial charge in [0.1, 0.15) is 5.82 Å². The van der Waals surface area contributed by atoms with Crippen molar-refractivity contribution in [3.05, 3.63) is 23.9 Å². The monoisotopic (exact) mass is 425 g/mol. The van der Waals surface area contributed by atoms with E-state index in [2.05, 4.69) is 44.6 Å². The van der Waals surface area contributed by atoms with Crippen molar-refractivity contribution in [1.29, 1.82) is 0 Å². The van der Waals surface area contributed by atoms with Crippen LogP contribution in [0.5, 0.6) is 0 Å². The maximum atomic E-state index is 12.1. The number of nitrogens with zero attached hydrogens (tertiary/aromatic N) is 3. The Labute approximate surface area is 174 Å². The molecule has 0 bridgehead atoms. The van der Waals surface area contributed by atoms with Crippen LogP contribution in [0.3, 0.4) is 0 Å². The number of pyridine rings is 1. The largest absolute Gasteiger partial charge is 0.354 e. The summed E-state index contributed by atoms with van der Waals surface area (Å²) in [4.78, 5) is 21.3. The Morgan fingerprint density at radius 1 is 1.19 bits per heavy atom. The van der Waals surface area contributed by atoms with E-state index in [9.17, 15) is 4.79 Å². The van der Waals surface area contributed by atoms with Gasteiger partial charge in [-0.25, -0.2) is 4.98 Å². The van der Waals surface area contributed by atoms with Crippen LogP contribution < -0.4 is 15.5 Å². The van der Waals surface area contributed by atoms with Crippen LogP contribution in [0.2, 0.25) is 0 Å². The van der Waals surface area contributed by atoms with Gasteiger partial charge >= 0.3 is 0 Å². The number of amides is 1. The number of piperazine rings is 1. The van der Waals surface area contributed by atoms with Gasteiger partial charge in [-0.1, -0.05) is 12.5 Å². The van der Waals surface area contributed by atoms with E-state index in [1.54, 1.807) is 0 Å². The van der Waals surface area contributed by atoms with Crippen molar-refractivity contribution >= 4 is 48.9 Å². The Bertz CT molecular complexity index is 518. The lowest BCUT2D eigenvalue weighted by atomic mass is 10.0. The number of carbonyl (C=O) groups excluding carboxylic acids is 1. The molecular formula is C17H30Cl3N5O. The van der Waals surface area contributed by atoms with Gasteiger partial charge in [0.25, 0.3) is 0 Å². The zero-order valence-corrected chi connectivity index (χ0v) is 17.6. The average Bonchev–Trinajstić information content (AvgIpc) is 2.61. The predicted octanol–water partition coefficient (Wildman–Crippen LogP) is 1.86. The molecule has 3 heterocycles. The minimum Gasteiger partial charge on any atom is -0.354 e. The van der Waals surface area contributed by atoms with Crippen molar-refractivity contribution in [3.63, 3.8) is 0 Å². The lowest BCUT2D eigenvalue weighted by Gasteiger charge is -2.33. The molecule has 9 heteroatoms. The number of piperidine rings is 1. The number of carbonyl (C=O) groups is 1. The minimum absolute atomic E-state index is 0. The zero-order valence-electron chi connectivity index (χ0n) is 15.1. The molecule has 6 nitrogen and oxygen atoms in total. The molecule has 0 aromatic carbocycles. The highest BCUT2D eigenvalue weighted by molar-refractivity contribution is 5.86. The Morgan fingerprint density at radius 3 is 2.50 bits per heavy atom. The van der Waals surface area contributed by atoms with E-state index in [1.165, 1.54) is 6.42 Å². The predicted molar refractivity (Wildman–Crippen MR) is 113 cm³/mol. The van der Waals surface area contributed by atoms with Crippen molar-refractivity contribution in [2.24, 2.45) is 0 Å². The summed E-state index contributed by atoms with van der Waals surface area (Å²) in [5.74, 6) is 1.13. The van der Waals surface area contributed by atoms with Crippen LogP contribution in [0.25, 0.3) is 0 Å². The molecule has 1 amide bonds. The maximum Gasteiger partial charge on any atom is 0.237 e. The van der Waals surface area contributed by atoms with Gasteiger partial charge in [0.2, 0.25) is 5.91 Å². The first kappa shape index (κ1) is 25.2. The molecule has 1 aromatic heterocycles. The van der Waals surface area contributed by atoms with Gasteiger partial charge in [0.05, 0.1) is 6.04 Å². The summed E-state index contributed by atoms with van der Waals surface area (Å²) in [5.41, 5.74) is 1.05. The van der Waals surface area contributed by atoms with Crippen molar-refractivity contribution < 1.29 is 4.79 Å². The van der Waals surface area contributed by atoms with Gasteiger partial charge in [-0.05, 0) is 38.1 Å². The first-order valence-corrected chi connectivity index (χ1v) is 8.62. The Hall–Kier alpha value is -0.790. The molecule has 2 aliphatic heterocycles. The molecule has 2 saturated heterocycles. The summed E-state index contributed by atoms with van der Waals surface area (Å²) >= 11 is 0. The van der Waals surface area contributed by atoms with Gasteiger partial charge in [-0.2, -0.15) is 0 Å². The zero-order chi connectivity index (χ0) is 16.1. The fraction of sp³-hybridized carbons (Fsp3) is 0.647. The average molecular weight is 427 g/mol. The number of rotatable bonds is 4. The van der Waals surface area contributed by atoms with Crippen molar-refractivity contribution in [2.75, 3.05) is 44.7 Å². The highest BCUT2D eigenvalue weighted by atomic mass is 35.5. The van der Waals surface area contributed by atoms with E-state index in [4.69, 9.17) is 0 Å². The molecule has 150 valence electrons. The molecule has 2 fully saturated rings. The van der Waals surface area contributed by atoms with Gasteiger partial charge in [0, 0.05) is 38.9 Å². The molecule has 26 heavy (non-hydrogen) atoms. The van der Waals surface area contributed by atoms with Crippen LogP contribution >= 0.6 is 37.2 Å². The first-order valence-electron chi connectivity index (χ1n) is 8.62. The van der Waals surface area contributed by atoms with Gasteiger partial charge in [-0.15, -0.1) is 37.2 Å². The van der Waals surface area contributed by atoms with Crippen molar-refractivity contribution in [2.45, 2.75) is 31.8 Å². The Balaban J connectivity index is 0.00000208. The summed E-state index contributed by atoms with van der Waals surface area (Å²) in [7, 11) is 2.15. The SMILES string of the molecule is CN1CCN(c2ccc(CNC(=O)[C@H]3CCCCN3)cn2)CC1.Cl.Cl.Cl. The number of hydrogen-bond donors (Lipinski definition) is 2. The number of aromatic nitrogens is 1. The second-order valence-electron chi connectivity index (χ2n) is 6.54. The molecule has 0 saturated carbocycles. The maximum absolute atomic E-state index is 12.1. The first-order chi connectivity index (χ1) is 11.2. The second kappa shape index (κ2) is 12.6. The molecule has 0 unspecified atom stereocenters. The molecule has 3 rings (SSSR count). The quantitative estimate of drug-likeness (QED) is 0.769. The van der Waals surface area contributed by atoms with E-state index in [0.29, 0.717) is 6.54 Å². The molecule has 0 spiro atoms. The van der Waals surface area contributed by atoms with E-state index in [1.807, 2.05) is 6.20 Å². The van der Waals surface area contributed by atoms with E-state index >= 15 is 0 Å². The highest BCUT2D eigenvalue weighted by Crippen LogP contribution is 2.13. The minimum atomic E-state index is -0.0266. The van der Waals surface area contributed by atoms with E-state index in [-0.39, 0.29) is 49.2 Å². The molecule has 2 aliphatic rings. The third-order valence-electron chi connectivity index (χ3n) is 4.73. The molecule has 2 N–H and O–H groups in total. The number of likely N-dealkylation sites (N-methyl/N-ethyl adjacent to an activating group) is 1. The molecular weight excluding hydrogens is 397 g/mol. The van der Waals surface area contributed by atoms with Crippen molar-refractivity contribution in [3.8, 4) is 0 Å². The summed E-state index contributed by atoms with van der Waals surface area (Å²) in [6.07, 6.45) is 5.11. The van der Waals surface area contributed by atoms with Crippen LogP contribution in [0.15, 0.2) is 18.3 Å². The fourth-order valence-corrected chi connectivity index (χ4v) is 3.13. The normalized spacial score (nSPS) is 20.2. The van der Waals surface area contributed by atoms with E-state index in [0.717, 1.165) is 56.9 Å². The molecule has 1 aromatic rings. The van der Waals surface area contributed by atoms with Crippen LogP contribution in [0.4, 0.5) is 5.82 Å². The van der Waals surface area contributed by atoms with Crippen LogP contribution in [-0.2, 0) is 11.3 Å². The van der Waals surface area contributed by atoms with E-state index < -0.39 is 0 Å². The summed E-state index contributed by atoms with van der Waals surface area (Å²) in [6.45, 7) is 5.69. The number of halogens is 3. The highest BCUT2D eigenvalue weighted by Gasteiger charge is 2.20. The Morgan fingerprint density at radius 2 is 1.92 bits per heavy atom.